The van der Waals surface area contributed by atoms with Gasteiger partial charge in [-0.15, -0.1) is 0 Å². The van der Waals surface area contributed by atoms with Gasteiger partial charge in [-0.3, -0.25) is 4.90 Å². The average Bonchev–Trinajstić information content (AvgIpc) is 2.32. The summed E-state index contributed by atoms with van der Waals surface area (Å²) < 4.78 is 18.5. The normalized spacial score (nSPS) is 11.1. The van der Waals surface area contributed by atoms with Crippen LogP contribution in [0, 0.1) is 5.82 Å². The maximum absolute atomic E-state index is 13.2. The third-order valence-electron chi connectivity index (χ3n) is 2.60. The number of rotatable bonds is 7. The molecule has 0 radical (unpaired) electrons. The van der Waals surface area contributed by atoms with Crippen molar-refractivity contribution in [2.45, 2.75) is 20.0 Å². The summed E-state index contributed by atoms with van der Waals surface area (Å²) in [7, 11) is 2.02. The zero-order valence-electron chi connectivity index (χ0n) is 10.6. The maximum Gasteiger partial charge on any atom is 0.127 e. The lowest BCUT2D eigenvalue weighted by atomic mass is 10.1. The van der Waals surface area contributed by atoms with E-state index in [1.807, 2.05) is 20.0 Å². The molecule has 0 bridgehead atoms. The van der Waals surface area contributed by atoms with Gasteiger partial charge in [-0.2, -0.15) is 0 Å². The highest BCUT2D eigenvalue weighted by Crippen LogP contribution is 2.11. The number of nitrogens with zero attached hydrogens (tertiary/aromatic N) is 1. The quantitative estimate of drug-likeness (QED) is 0.738. The first-order chi connectivity index (χ1) is 8.17. The molecule has 4 heteroatoms. The minimum atomic E-state index is -0.229. The number of ether oxygens (including phenoxy) is 1. The van der Waals surface area contributed by atoms with Gasteiger partial charge < -0.3 is 10.5 Å². The molecule has 1 aromatic carbocycles. The summed E-state index contributed by atoms with van der Waals surface area (Å²) in [4.78, 5) is 2.14. The standard InChI is InChI=1S/C13H21FN2O/c1-3-17-7-6-16(2)10-11-4-5-13(14)12(8-11)9-15/h4-5,8H,3,6-7,9-10,15H2,1-2H3. The van der Waals surface area contributed by atoms with Crippen molar-refractivity contribution in [2.24, 2.45) is 5.73 Å². The summed E-state index contributed by atoms with van der Waals surface area (Å²) >= 11 is 0. The van der Waals surface area contributed by atoms with Crippen LogP contribution in [0.25, 0.3) is 0 Å². The summed E-state index contributed by atoms with van der Waals surface area (Å²) in [6.07, 6.45) is 0. The zero-order chi connectivity index (χ0) is 12.7. The number of halogens is 1. The lowest BCUT2D eigenvalue weighted by Gasteiger charge is -2.17. The lowest BCUT2D eigenvalue weighted by molar-refractivity contribution is 0.120. The van der Waals surface area contributed by atoms with Crippen molar-refractivity contribution >= 4 is 0 Å². The first kappa shape index (κ1) is 14.1. The fraction of sp³-hybridized carbons (Fsp3) is 0.538. The van der Waals surface area contributed by atoms with Crippen LogP contribution in [0.15, 0.2) is 18.2 Å². The molecule has 0 aliphatic rings. The van der Waals surface area contributed by atoms with Crippen molar-refractivity contribution in [3.05, 3.63) is 35.1 Å². The van der Waals surface area contributed by atoms with Crippen LogP contribution in [0.2, 0.25) is 0 Å². The fourth-order valence-electron chi connectivity index (χ4n) is 1.64. The van der Waals surface area contributed by atoms with Gasteiger partial charge in [0.2, 0.25) is 0 Å². The van der Waals surface area contributed by atoms with E-state index in [0.717, 1.165) is 31.9 Å². The molecule has 1 rings (SSSR count). The molecule has 3 nitrogen and oxygen atoms in total. The van der Waals surface area contributed by atoms with Crippen LogP contribution in [0.5, 0.6) is 0 Å². The Morgan fingerprint density at radius 1 is 1.41 bits per heavy atom. The van der Waals surface area contributed by atoms with E-state index in [2.05, 4.69) is 4.90 Å². The Bertz CT molecular complexity index is 344. The van der Waals surface area contributed by atoms with Gasteiger partial charge >= 0.3 is 0 Å². The summed E-state index contributed by atoms with van der Waals surface area (Å²) in [6, 6.07) is 5.10. The number of nitrogens with two attached hydrogens (primary N) is 1. The third kappa shape index (κ3) is 4.81. The number of hydrogen-bond acceptors (Lipinski definition) is 3. The minimum Gasteiger partial charge on any atom is -0.380 e. The van der Waals surface area contributed by atoms with E-state index >= 15 is 0 Å². The molecule has 2 N–H and O–H groups in total. The number of hydrogen-bond donors (Lipinski definition) is 1. The molecule has 0 spiro atoms. The monoisotopic (exact) mass is 240 g/mol. The van der Waals surface area contributed by atoms with Crippen molar-refractivity contribution < 1.29 is 9.13 Å². The fourth-order valence-corrected chi connectivity index (χ4v) is 1.64. The van der Waals surface area contributed by atoms with Crippen LogP contribution in [0.1, 0.15) is 18.1 Å². The van der Waals surface area contributed by atoms with Gasteiger partial charge in [-0.25, -0.2) is 4.39 Å². The molecule has 0 aliphatic carbocycles. The highest BCUT2D eigenvalue weighted by molar-refractivity contribution is 5.24. The smallest absolute Gasteiger partial charge is 0.127 e. The largest absolute Gasteiger partial charge is 0.380 e. The Balaban J connectivity index is 2.50. The summed E-state index contributed by atoms with van der Waals surface area (Å²) in [5.74, 6) is -0.229. The summed E-state index contributed by atoms with van der Waals surface area (Å²) in [6.45, 7) is 5.32. The van der Waals surface area contributed by atoms with Gasteiger partial charge in [0.15, 0.2) is 0 Å². The molecule has 96 valence electrons. The molecule has 0 saturated heterocycles. The molecular formula is C13H21FN2O. The Labute approximate surface area is 102 Å². The van der Waals surface area contributed by atoms with Crippen molar-refractivity contribution in [3.8, 4) is 0 Å². The Morgan fingerprint density at radius 3 is 2.82 bits per heavy atom. The van der Waals surface area contributed by atoms with Crippen LogP contribution < -0.4 is 5.73 Å². The van der Waals surface area contributed by atoms with Crippen LogP contribution in [-0.2, 0) is 17.8 Å². The van der Waals surface area contributed by atoms with Crippen molar-refractivity contribution in [2.75, 3.05) is 26.8 Å². The lowest BCUT2D eigenvalue weighted by Crippen LogP contribution is -2.23. The molecule has 17 heavy (non-hydrogen) atoms. The molecule has 0 unspecified atom stereocenters. The molecular weight excluding hydrogens is 219 g/mol. The first-order valence-electron chi connectivity index (χ1n) is 5.91. The Kier molecular flexibility index (Phi) is 6.11. The molecule has 0 aromatic heterocycles. The second-order valence-corrected chi connectivity index (χ2v) is 4.06. The summed E-state index contributed by atoms with van der Waals surface area (Å²) in [5.41, 5.74) is 7.12. The van der Waals surface area contributed by atoms with Crippen molar-refractivity contribution in [3.63, 3.8) is 0 Å². The third-order valence-corrected chi connectivity index (χ3v) is 2.60. The Hall–Kier alpha value is -0.970. The highest BCUT2D eigenvalue weighted by atomic mass is 19.1. The Morgan fingerprint density at radius 2 is 2.18 bits per heavy atom. The van der Waals surface area contributed by atoms with E-state index < -0.39 is 0 Å². The molecule has 0 fully saturated rings. The van der Waals surface area contributed by atoms with Gasteiger partial charge in [-0.05, 0) is 25.6 Å². The molecule has 0 saturated carbocycles. The van der Waals surface area contributed by atoms with E-state index in [4.69, 9.17) is 10.5 Å². The van der Waals surface area contributed by atoms with Crippen LogP contribution in [-0.4, -0.2) is 31.7 Å². The SMILES string of the molecule is CCOCCN(C)Cc1ccc(F)c(CN)c1. The van der Waals surface area contributed by atoms with E-state index in [-0.39, 0.29) is 12.4 Å². The maximum atomic E-state index is 13.2. The minimum absolute atomic E-state index is 0.229. The van der Waals surface area contributed by atoms with E-state index in [9.17, 15) is 4.39 Å². The van der Waals surface area contributed by atoms with E-state index in [1.165, 1.54) is 6.07 Å². The molecule has 0 amide bonds. The van der Waals surface area contributed by atoms with Gasteiger partial charge in [-0.1, -0.05) is 12.1 Å². The van der Waals surface area contributed by atoms with E-state index in [0.29, 0.717) is 5.56 Å². The second kappa shape index (κ2) is 7.37. The van der Waals surface area contributed by atoms with Gasteiger partial charge in [0.1, 0.15) is 5.82 Å². The molecule has 1 aromatic rings. The predicted molar refractivity (Wildman–Crippen MR) is 67.1 cm³/mol. The van der Waals surface area contributed by atoms with Gasteiger partial charge in [0.25, 0.3) is 0 Å². The molecule has 0 atom stereocenters. The first-order valence-corrected chi connectivity index (χ1v) is 5.91. The van der Waals surface area contributed by atoms with Crippen LogP contribution in [0.3, 0.4) is 0 Å². The van der Waals surface area contributed by atoms with Crippen LogP contribution >= 0.6 is 0 Å². The predicted octanol–water partition coefficient (Wildman–Crippen LogP) is 1.75. The van der Waals surface area contributed by atoms with Crippen LogP contribution in [0.4, 0.5) is 4.39 Å². The second-order valence-electron chi connectivity index (χ2n) is 4.06. The number of likely N-dealkylation sites (N-methyl/N-ethyl adjacent to an activating group) is 1. The summed E-state index contributed by atoms with van der Waals surface area (Å²) in [5, 5.41) is 0. The topological polar surface area (TPSA) is 38.5 Å². The molecule has 0 aliphatic heterocycles. The number of benzene rings is 1. The molecule has 0 heterocycles. The van der Waals surface area contributed by atoms with E-state index in [1.54, 1.807) is 6.07 Å². The van der Waals surface area contributed by atoms with Gasteiger partial charge in [0, 0.05) is 31.8 Å². The highest BCUT2D eigenvalue weighted by Gasteiger charge is 2.04. The van der Waals surface area contributed by atoms with Crippen molar-refractivity contribution in [1.29, 1.82) is 0 Å². The van der Waals surface area contributed by atoms with Crippen molar-refractivity contribution in [1.82, 2.24) is 4.90 Å². The average molecular weight is 240 g/mol. The van der Waals surface area contributed by atoms with Gasteiger partial charge in [0.05, 0.1) is 6.61 Å². The zero-order valence-corrected chi connectivity index (χ0v) is 10.6.